The zero-order valence-corrected chi connectivity index (χ0v) is 17.4. The van der Waals surface area contributed by atoms with Gasteiger partial charge in [0.15, 0.2) is 0 Å². The Labute approximate surface area is 168 Å². The average molecular weight is 412 g/mol. The van der Waals surface area contributed by atoms with Crippen molar-refractivity contribution < 1.29 is 32.6 Å². The summed E-state index contributed by atoms with van der Waals surface area (Å²) in [6, 6.07) is 1.87. The van der Waals surface area contributed by atoms with Crippen LogP contribution in [-0.2, 0) is 19.1 Å². The Bertz CT molecular complexity index is 799. The molecule has 1 heterocycles. The molecule has 0 aliphatic carbocycles. The van der Waals surface area contributed by atoms with Crippen LogP contribution in [0.1, 0.15) is 46.2 Å². The van der Waals surface area contributed by atoms with Gasteiger partial charge in [0.2, 0.25) is 5.91 Å². The molecule has 0 N–H and O–H groups in total. The Hall–Kier alpha value is -2.71. The van der Waals surface area contributed by atoms with Crippen LogP contribution in [-0.4, -0.2) is 59.1 Å². The predicted octanol–water partition coefficient (Wildman–Crippen LogP) is 3.04. The topological polar surface area (TPSA) is 76.2 Å². The molecule has 0 aromatic heterocycles. The van der Waals surface area contributed by atoms with Gasteiger partial charge in [-0.15, -0.1) is 0 Å². The van der Waals surface area contributed by atoms with E-state index < -0.39 is 53.3 Å². The molecule has 160 valence electrons. The van der Waals surface area contributed by atoms with Crippen molar-refractivity contribution in [1.29, 1.82) is 0 Å². The number of hydrogen-bond donors (Lipinski definition) is 0. The first-order chi connectivity index (χ1) is 13.3. The summed E-state index contributed by atoms with van der Waals surface area (Å²) in [5.74, 6) is -2.94. The molecule has 1 atom stereocenters. The van der Waals surface area contributed by atoms with Crippen molar-refractivity contribution in [3.05, 3.63) is 35.4 Å². The largest absolute Gasteiger partial charge is 0.468 e. The minimum atomic E-state index is -1.35. The van der Waals surface area contributed by atoms with E-state index in [4.69, 9.17) is 4.74 Å². The van der Waals surface area contributed by atoms with E-state index in [1.807, 2.05) is 0 Å². The fourth-order valence-electron chi connectivity index (χ4n) is 3.17. The highest BCUT2D eigenvalue weighted by Crippen LogP contribution is 2.35. The van der Waals surface area contributed by atoms with Crippen LogP contribution in [0.15, 0.2) is 18.2 Å². The number of carbonyl (C=O) groups excluding carboxylic acids is 3. The highest BCUT2D eigenvalue weighted by Gasteiger charge is 2.50. The molecule has 1 aliphatic heterocycles. The van der Waals surface area contributed by atoms with Crippen LogP contribution in [0.2, 0.25) is 0 Å². The van der Waals surface area contributed by atoms with E-state index in [2.05, 4.69) is 4.74 Å². The van der Waals surface area contributed by atoms with Gasteiger partial charge in [0.1, 0.15) is 29.3 Å². The van der Waals surface area contributed by atoms with Crippen LogP contribution in [0.5, 0.6) is 0 Å². The first-order valence-electron chi connectivity index (χ1n) is 9.10. The second kappa shape index (κ2) is 7.96. The number of hydrogen-bond acceptors (Lipinski definition) is 5. The zero-order valence-electron chi connectivity index (χ0n) is 17.4. The molecule has 0 spiro atoms. The van der Waals surface area contributed by atoms with Gasteiger partial charge in [-0.25, -0.2) is 13.6 Å². The first kappa shape index (κ1) is 22.6. The Morgan fingerprint density at radius 2 is 1.72 bits per heavy atom. The minimum Gasteiger partial charge on any atom is -0.468 e. The summed E-state index contributed by atoms with van der Waals surface area (Å²) in [5, 5.41) is 0. The summed E-state index contributed by atoms with van der Waals surface area (Å²) in [7, 11) is 1.17. The third-order valence-electron chi connectivity index (χ3n) is 4.60. The SMILES string of the molecule is COC(=O)CN1C(=O)C(C)(C)N(C(=O)OC(C)(C)C)CC1c1cc(F)cc(F)c1. The van der Waals surface area contributed by atoms with E-state index in [1.165, 1.54) is 30.8 Å². The maximum absolute atomic E-state index is 13.8. The summed E-state index contributed by atoms with van der Waals surface area (Å²) in [5.41, 5.74) is -2.04. The number of amides is 2. The molecule has 1 saturated heterocycles. The summed E-state index contributed by atoms with van der Waals surface area (Å²) >= 11 is 0. The van der Waals surface area contributed by atoms with Gasteiger partial charge in [-0.1, -0.05) is 0 Å². The number of piperazine rings is 1. The van der Waals surface area contributed by atoms with E-state index >= 15 is 0 Å². The quantitative estimate of drug-likeness (QED) is 0.714. The highest BCUT2D eigenvalue weighted by molar-refractivity contribution is 5.93. The molecule has 2 rings (SSSR count). The molecule has 0 radical (unpaired) electrons. The summed E-state index contributed by atoms with van der Waals surface area (Å²) in [4.78, 5) is 40.2. The number of rotatable bonds is 3. The van der Waals surface area contributed by atoms with Gasteiger partial charge in [0.05, 0.1) is 13.2 Å². The number of methoxy groups -OCH3 is 1. The van der Waals surface area contributed by atoms with Gasteiger partial charge in [-0.05, 0) is 52.3 Å². The Morgan fingerprint density at radius 1 is 1.17 bits per heavy atom. The minimum absolute atomic E-state index is 0.115. The smallest absolute Gasteiger partial charge is 0.411 e. The van der Waals surface area contributed by atoms with E-state index in [0.29, 0.717) is 6.07 Å². The van der Waals surface area contributed by atoms with Gasteiger partial charge in [-0.2, -0.15) is 0 Å². The Morgan fingerprint density at radius 3 is 2.21 bits per heavy atom. The number of carbonyl (C=O) groups is 3. The number of nitrogens with zero attached hydrogens (tertiary/aromatic N) is 2. The van der Waals surface area contributed by atoms with Crippen LogP contribution in [0.3, 0.4) is 0 Å². The summed E-state index contributed by atoms with van der Waals surface area (Å²) in [6.45, 7) is 7.56. The van der Waals surface area contributed by atoms with Gasteiger partial charge in [-0.3, -0.25) is 14.5 Å². The van der Waals surface area contributed by atoms with E-state index in [9.17, 15) is 23.2 Å². The average Bonchev–Trinajstić information content (AvgIpc) is 2.56. The number of halogens is 2. The summed E-state index contributed by atoms with van der Waals surface area (Å²) in [6.07, 6.45) is -0.740. The Balaban J connectivity index is 2.51. The molecule has 1 unspecified atom stereocenters. The van der Waals surface area contributed by atoms with Gasteiger partial charge >= 0.3 is 12.1 Å². The fraction of sp³-hybridized carbons (Fsp3) is 0.550. The van der Waals surface area contributed by atoms with Crippen molar-refractivity contribution in [3.8, 4) is 0 Å². The van der Waals surface area contributed by atoms with Crippen LogP contribution < -0.4 is 0 Å². The highest BCUT2D eigenvalue weighted by atomic mass is 19.1. The molecule has 1 fully saturated rings. The monoisotopic (exact) mass is 412 g/mol. The third kappa shape index (κ3) is 5.02. The molecule has 1 aliphatic rings. The van der Waals surface area contributed by atoms with Crippen molar-refractivity contribution in [1.82, 2.24) is 9.80 Å². The fourth-order valence-corrected chi connectivity index (χ4v) is 3.17. The number of benzene rings is 1. The van der Waals surface area contributed by atoms with Crippen LogP contribution in [0.4, 0.5) is 13.6 Å². The van der Waals surface area contributed by atoms with Crippen molar-refractivity contribution in [2.75, 3.05) is 20.2 Å². The van der Waals surface area contributed by atoms with Crippen molar-refractivity contribution in [3.63, 3.8) is 0 Å². The third-order valence-corrected chi connectivity index (χ3v) is 4.60. The van der Waals surface area contributed by atoms with Gasteiger partial charge in [0.25, 0.3) is 0 Å². The van der Waals surface area contributed by atoms with E-state index in [-0.39, 0.29) is 12.1 Å². The molecule has 2 amide bonds. The van der Waals surface area contributed by atoms with E-state index in [0.717, 1.165) is 12.1 Å². The normalized spacial score (nSPS) is 19.2. The Kier molecular flexibility index (Phi) is 6.20. The number of ether oxygens (including phenoxy) is 2. The molecular weight excluding hydrogens is 386 g/mol. The maximum atomic E-state index is 13.8. The van der Waals surface area contributed by atoms with Gasteiger partial charge < -0.3 is 14.4 Å². The molecule has 9 heteroatoms. The molecule has 7 nitrogen and oxygen atoms in total. The van der Waals surface area contributed by atoms with Crippen molar-refractivity contribution in [2.24, 2.45) is 0 Å². The van der Waals surface area contributed by atoms with Gasteiger partial charge in [0, 0.05) is 12.6 Å². The van der Waals surface area contributed by atoms with E-state index in [1.54, 1.807) is 20.8 Å². The molecule has 1 aromatic rings. The lowest BCUT2D eigenvalue weighted by atomic mass is 9.91. The second-order valence-electron chi connectivity index (χ2n) is 8.38. The second-order valence-corrected chi connectivity index (χ2v) is 8.38. The van der Waals surface area contributed by atoms with Crippen molar-refractivity contribution in [2.45, 2.75) is 51.8 Å². The molecule has 0 saturated carbocycles. The lowest BCUT2D eigenvalue weighted by Gasteiger charge is -2.49. The first-order valence-corrected chi connectivity index (χ1v) is 9.10. The predicted molar refractivity (Wildman–Crippen MR) is 99.8 cm³/mol. The lowest BCUT2D eigenvalue weighted by Crippen LogP contribution is -2.66. The summed E-state index contributed by atoms with van der Waals surface area (Å²) < 4.78 is 37.7. The van der Waals surface area contributed by atoms with Crippen molar-refractivity contribution >= 4 is 18.0 Å². The lowest BCUT2D eigenvalue weighted by molar-refractivity contribution is -0.160. The molecule has 29 heavy (non-hydrogen) atoms. The van der Waals surface area contributed by atoms with Crippen LogP contribution >= 0.6 is 0 Å². The number of esters is 1. The van der Waals surface area contributed by atoms with Crippen LogP contribution in [0.25, 0.3) is 0 Å². The van der Waals surface area contributed by atoms with Crippen LogP contribution in [0, 0.1) is 11.6 Å². The molecular formula is C20H26F2N2O5. The molecule has 1 aromatic carbocycles. The maximum Gasteiger partial charge on any atom is 0.411 e. The molecule has 0 bridgehead atoms. The zero-order chi connectivity index (χ0) is 22.1. The standard InChI is InChI=1S/C20H26F2N2O5/c1-19(2,3)29-18(27)24-10-15(12-7-13(21)9-14(22)8-12)23(11-16(25)28-6)17(26)20(24,4)5/h7-9,15H,10-11H2,1-6H3.